The Kier molecular flexibility index (Phi) is 5.57. The number of imidazole rings is 1. The van der Waals surface area contributed by atoms with Crippen LogP contribution >= 0.6 is 0 Å². The van der Waals surface area contributed by atoms with E-state index in [0.29, 0.717) is 17.1 Å². The van der Waals surface area contributed by atoms with Crippen LogP contribution in [-0.4, -0.2) is 58.6 Å². The summed E-state index contributed by atoms with van der Waals surface area (Å²) in [6.07, 6.45) is 5.79. The lowest BCUT2D eigenvalue weighted by Crippen LogP contribution is -2.42. The summed E-state index contributed by atoms with van der Waals surface area (Å²) in [4.78, 5) is 57.3. The Morgan fingerprint density at radius 2 is 1.92 bits per heavy atom. The molecule has 1 saturated carbocycles. The van der Waals surface area contributed by atoms with Gasteiger partial charge in [-0.1, -0.05) is 0 Å². The molecule has 4 aromatic rings. The number of anilines is 2. The van der Waals surface area contributed by atoms with Gasteiger partial charge < -0.3 is 20.5 Å². The summed E-state index contributed by atoms with van der Waals surface area (Å²) in [6.45, 7) is 1.82. The zero-order chi connectivity index (χ0) is 27.6. The minimum atomic E-state index is -2.55. The first-order valence-electron chi connectivity index (χ1n) is 12.2. The molecule has 4 aromatic heterocycles. The fraction of sp³-hybridized carbons (Fsp3) is 0.375. The molecule has 2 unspecified atom stereocenters. The third kappa shape index (κ3) is 3.88. The van der Waals surface area contributed by atoms with Gasteiger partial charge in [0.1, 0.15) is 11.9 Å². The molecule has 0 radical (unpaired) electrons. The van der Waals surface area contributed by atoms with E-state index in [-0.39, 0.29) is 36.7 Å². The lowest BCUT2D eigenvalue weighted by atomic mass is 10.2. The zero-order valence-corrected chi connectivity index (χ0v) is 21.0. The van der Waals surface area contributed by atoms with Crippen LogP contribution in [-0.2, 0) is 18.5 Å². The van der Waals surface area contributed by atoms with E-state index < -0.39 is 41.0 Å². The number of aromatic nitrogens is 7. The monoisotopic (exact) mass is 538 g/mol. The van der Waals surface area contributed by atoms with Crippen molar-refractivity contribution in [1.82, 2.24) is 33.6 Å². The highest BCUT2D eigenvalue weighted by Gasteiger charge is 2.71. The summed E-state index contributed by atoms with van der Waals surface area (Å²) in [5.74, 6) is -3.45. The standard InChI is InChI=1S/C24H24F2N10O3/c1-12(36-11-30-20-19(36)22(38)35(10-27)23(39)33(20)2)21(37)32-17-7-28-6-16(31-17)13-3-4-18(29-5-13)34-8-14-15(9-34)24(14,25)26/h3-7,11-12,14-15H,8-10,27H2,1-2H3,(H,31,32,37)/t12-,14?,15?/m0/s1. The van der Waals surface area contributed by atoms with E-state index in [1.165, 1.54) is 34.9 Å². The Balaban J connectivity index is 1.20. The predicted octanol–water partition coefficient (Wildman–Crippen LogP) is 0.566. The molecule has 3 atom stereocenters. The summed E-state index contributed by atoms with van der Waals surface area (Å²) in [5, 5.41) is 2.69. The van der Waals surface area contributed by atoms with Crippen molar-refractivity contribution in [3.8, 4) is 11.3 Å². The van der Waals surface area contributed by atoms with Gasteiger partial charge in [-0.05, 0) is 19.1 Å². The fourth-order valence-electron chi connectivity index (χ4n) is 5.09. The summed E-state index contributed by atoms with van der Waals surface area (Å²) in [6, 6.07) is 2.63. The maximum absolute atomic E-state index is 13.5. The van der Waals surface area contributed by atoms with Crippen LogP contribution in [0.2, 0.25) is 0 Å². The van der Waals surface area contributed by atoms with Gasteiger partial charge >= 0.3 is 5.69 Å². The first-order valence-corrected chi connectivity index (χ1v) is 12.2. The van der Waals surface area contributed by atoms with Crippen LogP contribution in [0, 0.1) is 11.8 Å². The van der Waals surface area contributed by atoms with Crippen molar-refractivity contribution in [2.45, 2.75) is 25.6 Å². The number of hydrogen-bond acceptors (Lipinski definition) is 9. The van der Waals surface area contributed by atoms with E-state index in [2.05, 4.69) is 25.3 Å². The molecule has 202 valence electrons. The first-order chi connectivity index (χ1) is 18.6. The normalized spacial score (nSPS) is 20.2. The molecule has 2 fully saturated rings. The third-order valence-corrected chi connectivity index (χ3v) is 7.49. The Morgan fingerprint density at radius 1 is 1.18 bits per heavy atom. The van der Waals surface area contributed by atoms with Gasteiger partial charge in [0.05, 0.1) is 42.9 Å². The van der Waals surface area contributed by atoms with E-state index in [9.17, 15) is 23.2 Å². The topological polar surface area (TPSA) is 159 Å². The van der Waals surface area contributed by atoms with Crippen molar-refractivity contribution in [2.75, 3.05) is 23.3 Å². The van der Waals surface area contributed by atoms with Crippen molar-refractivity contribution < 1.29 is 13.6 Å². The number of aryl methyl sites for hydroxylation is 1. The second-order valence-corrected chi connectivity index (χ2v) is 9.73. The lowest BCUT2D eigenvalue weighted by Gasteiger charge is -2.20. The van der Waals surface area contributed by atoms with Crippen LogP contribution in [0.25, 0.3) is 22.4 Å². The number of nitrogens with one attached hydrogen (secondary N) is 1. The lowest BCUT2D eigenvalue weighted by molar-refractivity contribution is -0.118. The van der Waals surface area contributed by atoms with Crippen molar-refractivity contribution in [1.29, 1.82) is 0 Å². The van der Waals surface area contributed by atoms with Crippen molar-refractivity contribution in [2.24, 2.45) is 24.6 Å². The molecule has 13 nitrogen and oxygen atoms in total. The molecule has 5 heterocycles. The van der Waals surface area contributed by atoms with Gasteiger partial charge in [0, 0.05) is 31.9 Å². The number of alkyl halides is 2. The second-order valence-electron chi connectivity index (χ2n) is 9.73. The number of rotatable bonds is 6. The average Bonchev–Trinajstić information content (AvgIpc) is 3.35. The molecule has 15 heteroatoms. The number of hydrogen-bond donors (Lipinski definition) is 2. The number of piperidine rings is 1. The number of nitrogens with zero attached hydrogens (tertiary/aromatic N) is 8. The summed E-state index contributed by atoms with van der Waals surface area (Å²) in [7, 11) is 1.47. The third-order valence-electron chi connectivity index (χ3n) is 7.49. The van der Waals surface area contributed by atoms with Gasteiger partial charge in [0.15, 0.2) is 17.0 Å². The van der Waals surface area contributed by atoms with Crippen LogP contribution in [0.4, 0.5) is 20.4 Å². The predicted molar refractivity (Wildman–Crippen MR) is 136 cm³/mol. The molecule has 0 aromatic carbocycles. The highest BCUT2D eigenvalue weighted by Crippen LogP contribution is 2.59. The molecule has 0 spiro atoms. The second kappa shape index (κ2) is 8.76. The first kappa shape index (κ1) is 24.8. The number of carbonyl (C=O) groups excluding carboxylic acids is 1. The number of halogens is 2. The molecule has 3 N–H and O–H groups in total. The average molecular weight is 539 g/mol. The molecule has 1 amide bonds. The SMILES string of the molecule is C[C@@H](C(=O)Nc1cncc(-c2ccc(N3CC4C(C3)C4(F)F)nc2)n1)n1cnc2c1c(=O)n(CN)c(=O)n2C. The van der Waals surface area contributed by atoms with E-state index >= 15 is 0 Å². The molecule has 1 aliphatic heterocycles. The Morgan fingerprint density at radius 3 is 2.59 bits per heavy atom. The van der Waals surface area contributed by atoms with Crippen LogP contribution in [0.15, 0.2) is 46.6 Å². The van der Waals surface area contributed by atoms with Crippen LogP contribution < -0.4 is 27.2 Å². The van der Waals surface area contributed by atoms with E-state index in [1.807, 2.05) is 4.90 Å². The number of fused-ring (bicyclic) bond motifs is 2. The summed E-state index contributed by atoms with van der Waals surface area (Å²) >= 11 is 0. The van der Waals surface area contributed by atoms with Crippen molar-refractivity contribution >= 4 is 28.7 Å². The molecule has 1 aliphatic carbocycles. The van der Waals surface area contributed by atoms with Crippen LogP contribution in [0.5, 0.6) is 0 Å². The van der Waals surface area contributed by atoms with E-state index in [4.69, 9.17) is 5.73 Å². The highest BCUT2D eigenvalue weighted by molar-refractivity contribution is 5.93. The molecule has 6 rings (SSSR count). The van der Waals surface area contributed by atoms with Gasteiger partial charge in [-0.25, -0.2) is 33.1 Å². The van der Waals surface area contributed by atoms with Gasteiger partial charge in [-0.15, -0.1) is 0 Å². The minimum absolute atomic E-state index is 0.0650. The largest absolute Gasteiger partial charge is 0.356 e. The van der Waals surface area contributed by atoms with Gasteiger partial charge in [0.2, 0.25) is 5.91 Å². The molecule has 1 saturated heterocycles. The van der Waals surface area contributed by atoms with Crippen molar-refractivity contribution in [3.05, 3.63) is 57.9 Å². The van der Waals surface area contributed by atoms with Crippen LogP contribution in [0.3, 0.4) is 0 Å². The van der Waals surface area contributed by atoms with Gasteiger partial charge in [0.25, 0.3) is 11.5 Å². The Bertz CT molecular complexity index is 1710. The smallest absolute Gasteiger partial charge is 0.333 e. The zero-order valence-electron chi connectivity index (χ0n) is 21.0. The van der Waals surface area contributed by atoms with Gasteiger partial charge in [-0.3, -0.25) is 19.1 Å². The maximum atomic E-state index is 13.5. The number of nitrogens with two attached hydrogens (primary N) is 1. The fourth-order valence-corrected chi connectivity index (χ4v) is 5.09. The summed E-state index contributed by atoms with van der Waals surface area (Å²) < 4.78 is 30.4. The van der Waals surface area contributed by atoms with Crippen LogP contribution in [0.1, 0.15) is 13.0 Å². The highest BCUT2D eigenvalue weighted by atomic mass is 19.3. The van der Waals surface area contributed by atoms with Gasteiger partial charge in [-0.2, -0.15) is 0 Å². The van der Waals surface area contributed by atoms with E-state index in [1.54, 1.807) is 25.3 Å². The Hall–Kier alpha value is -4.53. The Labute approximate surface area is 218 Å². The molecular formula is C24H24F2N10O3. The molecule has 39 heavy (non-hydrogen) atoms. The molecular weight excluding hydrogens is 514 g/mol. The number of pyridine rings is 1. The van der Waals surface area contributed by atoms with Crippen molar-refractivity contribution in [3.63, 3.8) is 0 Å². The maximum Gasteiger partial charge on any atom is 0.333 e. The number of amides is 1. The quantitative estimate of drug-likeness (QED) is 0.358. The van der Waals surface area contributed by atoms with E-state index in [0.717, 1.165) is 4.57 Å². The molecule has 2 aliphatic rings. The number of carbonyl (C=O) groups is 1. The molecule has 0 bridgehead atoms. The minimum Gasteiger partial charge on any atom is -0.356 e. The summed E-state index contributed by atoms with van der Waals surface area (Å²) in [5.41, 5.74) is 5.60.